The number of carbonyl (C=O) groups is 1. The van der Waals surface area contributed by atoms with Crippen molar-refractivity contribution in [3.05, 3.63) is 47.8 Å². The highest BCUT2D eigenvalue weighted by molar-refractivity contribution is 5.91. The highest BCUT2D eigenvalue weighted by Gasteiger charge is 2.19. The SMILES string of the molecule is COCCN(CC(C)C)C(=O)c1cn(Cc2ccccc2)nn1. The number of rotatable bonds is 8. The van der Waals surface area contributed by atoms with Crippen molar-refractivity contribution < 1.29 is 9.53 Å². The van der Waals surface area contributed by atoms with Crippen LogP contribution < -0.4 is 0 Å². The molecule has 0 N–H and O–H groups in total. The minimum absolute atomic E-state index is 0.102. The molecule has 0 bridgehead atoms. The number of carbonyl (C=O) groups excluding carboxylic acids is 1. The van der Waals surface area contributed by atoms with Gasteiger partial charge in [-0.05, 0) is 11.5 Å². The summed E-state index contributed by atoms with van der Waals surface area (Å²) in [7, 11) is 1.63. The molecule has 0 fully saturated rings. The molecule has 0 saturated carbocycles. The summed E-state index contributed by atoms with van der Waals surface area (Å²) in [4.78, 5) is 14.4. The van der Waals surface area contributed by atoms with E-state index in [-0.39, 0.29) is 5.91 Å². The van der Waals surface area contributed by atoms with E-state index in [0.29, 0.717) is 37.9 Å². The van der Waals surface area contributed by atoms with E-state index in [2.05, 4.69) is 24.2 Å². The summed E-state index contributed by atoms with van der Waals surface area (Å²) in [5.41, 5.74) is 1.49. The Morgan fingerprint density at radius 2 is 2.04 bits per heavy atom. The minimum atomic E-state index is -0.102. The number of methoxy groups -OCH3 is 1. The van der Waals surface area contributed by atoms with Crippen molar-refractivity contribution >= 4 is 5.91 Å². The van der Waals surface area contributed by atoms with E-state index >= 15 is 0 Å². The molecule has 1 aromatic heterocycles. The fraction of sp³-hybridized carbons (Fsp3) is 0.471. The van der Waals surface area contributed by atoms with Crippen LogP contribution in [0.3, 0.4) is 0 Å². The smallest absolute Gasteiger partial charge is 0.276 e. The molecule has 0 aliphatic rings. The van der Waals surface area contributed by atoms with Gasteiger partial charge in [-0.1, -0.05) is 49.4 Å². The molecule has 2 rings (SSSR count). The molecule has 0 radical (unpaired) electrons. The maximum Gasteiger partial charge on any atom is 0.276 e. The number of hydrogen-bond donors (Lipinski definition) is 0. The Morgan fingerprint density at radius 1 is 1.30 bits per heavy atom. The van der Waals surface area contributed by atoms with Crippen molar-refractivity contribution in [2.75, 3.05) is 26.8 Å². The summed E-state index contributed by atoms with van der Waals surface area (Å²) >= 11 is 0. The Bertz CT molecular complexity index is 610. The second-order valence-electron chi connectivity index (χ2n) is 5.92. The summed E-state index contributed by atoms with van der Waals surface area (Å²) in [6, 6.07) is 9.97. The third-order valence-electron chi connectivity index (χ3n) is 3.38. The molecule has 0 saturated heterocycles. The van der Waals surface area contributed by atoms with Crippen molar-refractivity contribution in [3.8, 4) is 0 Å². The van der Waals surface area contributed by atoms with Crippen molar-refractivity contribution in [3.63, 3.8) is 0 Å². The van der Waals surface area contributed by atoms with Crippen LogP contribution in [-0.4, -0.2) is 52.6 Å². The Balaban J connectivity index is 2.05. The Hall–Kier alpha value is -2.21. The first-order chi connectivity index (χ1) is 11.1. The van der Waals surface area contributed by atoms with Crippen LogP contribution in [0.2, 0.25) is 0 Å². The number of hydrogen-bond acceptors (Lipinski definition) is 4. The Kier molecular flexibility index (Phi) is 6.29. The highest BCUT2D eigenvalue weighted by atomic mass is 16.5. The molecule has 0 atom stereocenters. The molecule has 0 aliphatic heterocycles. The van der Waals surface area contributed by atoms with Gasteiger partial charge >= 0.3 is 0 Å². The van der Waals surface area contributed by atoms with E-state index in [1.165, 1.54) is 0 Å². The van der Waals surface area contributed by atoms with Crippen LogP contribution in [-0.2, 0) is 11.3 Å². The fourth-order valence-corrected chi connectivity index (χ4v) is 2.32. The van der Waals surface area contributed by atoms with Gasteiger partial charge < -0.3 is 9.64 Å². The van der Waals surface area contributed by atoms with Crippen LogP contribution in [0.25, 0.3) is 0 Å². The normalized spacial score (nSPS) is 11.0. The van der Waals surface area contributed by atoms with Crippen molar-refractivity contribution in [1.29, 1.82) is 0 Å². The summed E-state index contributed by atoms with van der Waals surface area (Å²) in [6.07, 6.45) is 1.70. The van der Waals surface area contributed by atoms with Crippen LogP contribution in [0.5, 0.6) is 0 Å². The molecule has 1 aromatic carbocycles. The van der Waals surface area contributed by atoms with Crippen molar-refractivity contribution in [2.24, 2.45) is 5.92 Å². The average Bonchev–Trinajstić information content (AvgIpc) is 3.00. The largest absolute Gasteiger partial charge is 0.383 e. The van der Waals surface area contributed by atoms with Crippen LogP contribution in [0.15, 0.2) is 36.5 Å². The van der Waals surface area contributed by atoms with Gasteiger partial charge in [-0.3, -0.25) is 4.79 Å². The topological polar surface area (TPSA) is 60.2 Å². The second kappa shape index (κ2) is 8.43. The van der Waals surface area contributed by atoms with Gasteiger partial charge in [0.05, 0.1) is 19.3 Å². The number of amides is 1. The zero-order valence-electron chi connectivity index (χ0n) is 14.0. The third-order valence-corrected chi connectivity index (χ3v) is 3.38. The first-order valence-electron chi connectivity index (χ1n) is 7.82. The van der Waals surface area contributed by atoms with E-state index in [9.17, 15) is 4.79 Å². The maximum atomic E-state index is 12.6. The van der Waals surface area contributed by atoms with Crippen LogP contribution >= 0.6 is 0 Å². The molecule has 124 valence electrons. The highest BCUT2D eigenvalue weighted by Crippen LogP contribution is 2.07. The van der Waals surface area contributed by atoms with E-state index in [1.54, 1.807) is 22.9 Å². The van der Waals surface area contributed by atoms with Gasteiger partial charge in [0, 0.05) is 20.2 Å². The van der Waals surface area contributed by atoms with Gasteiger partial charge in [-0.2, -0.15) is 0 Å². The number of benzene rings is 1. The second-order valence-corrected chi connectivity index (χ2v) is 5.92. The molecule has 6 nitrogen and oxygen atoms in total. The first-order valence-corrected chi connectivity index (χ1v) is 7.82. The number of nitrogens with zero attached hydrogens (tertiary/aromatic N) is 4. The van der Waals surface area contributed by atoms with Gasteiger partial charge in [0.25, 0.3) is 5.91 Å². The first kappa shape index (κ1) is 17.1. The predicted molar refractivity (Wildman–Crippen MR) is 88.2 cm³/mol. The van der Waals surface area contributed by atoms with Crippen LogP contribution in [0.1, 0.15) is 29.9 Å². The molecule has 0 aliphatic carbocycles. The lowest BCUT2D eigenvalue weighted by Crippen LogP contribution is -2.37. The zero-order chi connectivity index (χ0) is 16.7. The monoisotopic (exact) mass is 316 g/mol. The maximum absolute atomic E-state index is 12.6. The molecule has 23 heavy (non-hydrogen) atoms. The van der Waals surface area contributed by atoms with Gasteiger partial charge in [0.2, 0.25) is 0 Å². The summed E-state index contributed by atoms with van der Waals surface area (Å²) in [6.45, 7) is 6.51. The molecule has 0 unspecified atom stereocenters. The molecule has 0 spiro atoms. The third kappa shape index (κ3) is 5.17. The lowest BCUT2D eigenvalue weighted by molar-refractivity contribution is 0.0666. The van der Waals surface area contributed by atoms with Crippen LogP contribution in [0.4, 0.5) is 0 Å². The van der Waals surface area contributed by atoms with Crippen molar-refractivity contribution in [1.82, 2.24) is 19.9 Å². The van der Waals surface area contributed by atoms with Gasteiger partial charge in [0.1, 0.15) is 0 Å². The van der Waals surface area contributed by atoms with E-state index in [1.807, 2.05) is 30.3 Å². The van der Waals surface area contributed by atoms with E-state index in [0.717, 1.165) is 5.56 Å². The number of ether oxygens (including phenoxy) is 1. The minimum Gasteiger partial charge on any atom is -0.383 e. The van der Waals surface area contributed by atoms with Gasteiger partial charge in [0.15, 0.2) is 5.69 Å². The van der Waals surface area contributed by atoms with Gasteiger partial charge in [-0.25, -0.2) is 4.68 Å². The van der Waals surface area contributed by atoms with E-state index < -0.39 is 0 Å². The van der Waals surface area contributed by atoms with Gasteiger partial charge in [-0.15, -0.1) is 5.10 Å². The fourth-order valence-electron chi connectivity index (χ4n) is 2.32. The quantitative estimate of drug-likeness (QED) is 0.748. The standard InChI is InChI=1S/C17H24N4O2/c1-14(2)11-20(9-10-23-3)17(22)16-13-21(19-18-16)12-15-7-5-4-6-8-15/h4-8,13-14H,9-12H2,1-3H3. The average molecular weight is 316 g/mol. The van der Waals surface area contributed by atoms with Crippen LogP contribution in [0, 0.1) is 5.92 Å². The number of aromatic nitrogens is 3. The molecule has 1 amide bonds. The summed E-state index contributed by atoms with van der Waals surface area (Å²) in [5, 5.41) is 8.09. The molecule has 2 aromatic rings. The molecular formula is C17H24N4O2. The lowest BCUT2D eigenvalue weighted by atomic mass is 10.2. The predicted octanol–water partition coefficient (Wildman–Crippen LogP) is 2.07. The molecule has 6 heteroatoms. The lowest BCUT2D eigenvalue weighted by Gasteiger charge is -2.23. The van der Waals surface area contributed by atoms with E-state index in [4.69, 9.17) is 4.74 Å². The Labute approximate surface area is 137 Å². The van der Waals surface area contributed by atoms with Crippen molar-refractivity contribution in [2.45, 2.75) is 20.4 Å². The summed E-state index contributed by atoms with van der Waals surface area (Å²) < 4.78 is 6.78. The zero-order valence-corrected chi connectivity index (χ0v) is 14.0. The Morgan fingerprint density at radius 3 is 2.70 bits per heavy atom. The summed E-state index contributed by atoms with van der Waals surface area (Å²) in [5.74, 6) is 0.283. The molecule has 1 heterocycles. The molecular weight excluding hydrogens is 292 g/mol.